The molecule has 1 aliphatic carbocycles. The molecule has 142 valence electrons. The number of nitro groups is 1. The lowest BCUT2D eigenvalue weighted by atomic mass is 10.0. The molecule has 1 saturated carbocycles. The first-order valence-electron chi connectivity index (χ1n) is 9.05. The first-order valence-corrected chi connectivity index (χ1v) is 9.05. The fraction of sp³-hybridized carbons (Fsp3) is 0.400. The van der Waals surface area contributed by atoms with Gasteiger partial charge in [-0.1, -0.05) is 18.2 Å². The van der Waals surface area contributed by atoms with E-state index in [0.717, 1.165) is 18.4 Å². The zero-order chi connectivity index (χ0) is 19.0. The van der Waals surface area contributed by atoms with Crippen molar-refractivity contribution in [1.29, 1.82) is 0 Å². The highest BCUT2D eigenvalue weighted by Crippen LogP contribution is 2.40. The molecule has 6 nitrogen and oxygen atoms in total. The molecule has 4 rings (SSSR count). The van der Waals surface area contributed by atoms with Crippen LogP contribution in [0.3, 0.4) is 0 Å². The summed E-state index contributed by atoms with van der Waals surface area (Å²) >= 11 is 0. The number of hydrogen-bond donors (Lipinski definition) is 0. The Hall–Kier alpha value is -2.51. The van der Waals surface area contributed by atoms with E-state index in [1.165, 1.54) is 12.1 Å². The van der Waals surface area contributed by atoms with E-state index in [-0.39, 0.29) is 30.9 Å². The summed E-state index contributed by atoms with van der Waals surface area (Å²) in [6, 6.07) is 10.0. The smallest absolute Gasteiger partial charge is 0.270 e. The first-order chi connectivity index (χ1) is 13.0. The highest BCUT2D eigenvalue weighted by molar-refractivity contribution is 5.50. The van der Waals surface area contributed by atoms with Crippen molar-refractivity contribution in [2.75, 3.05) is 6.79 Å². The molecule has 2 aromatic rings. The number of fused-ring (bicyclic) bond motifs is 1. The fourth-order valence-corrected chi connectivity index (χ4v) is 3.68. The normalized spacial score (nSPS) is 17.3. The minimum atomic E-state index is -0.403. The van der Waals surface area contributed by atoms with Crippen molar-refractivity contribution in [2.45, 2.75) is 45.0 Å². The molecular formula is C20H21FN2O4. The van der Waals surface area contributed by atoms with Gasteiger partial charge >= 0.3 is 0 Å². The summed E-state index contributed by atoms with van der Waals surface area (Å²) in [7, 11) is 0. The van der Waals surface area contributed by atoms with Crippen LogP contribution in [0.1, 0.15) is 42.5 Å². The van der Waals surface area contributed by atoms with Gasteiger partial charge in [0.25, 0.3) is 5.69 Å². The van der Waals surface area contributed by atoms with Gasteiger partial charge in [-0.15, -0.1) is 0 Å². The SMILES string of the molecule is CC(c1ccccc1F)N(Cc1cc([N+](=O)[O-])cc2c1OCOC2)C1CC1. The molecule has 0 bridgehead atoms. The second-order valence-corrected chi connectivity index (χ2v) is 7.06. The van der Waals surface area contributed by atoms with Crippen molar-refractivity contribution in [1.82, 2.24) is 4.90 Å². The van der Waals surface area contributed by atoms with Crippen molar-refractivity contribution in [3.63, 3.8) is 0 Å². The van der Waals surface area contributed by atoms with E-state index >= 15 is 0 Å². The van der Waals surface area contributed by atoms with E-state index in [0.29, 0.717) is 29.5 Å². The van der Waals surface area contributed by atoms with Crippen molar-refractivity contribution in [3.8, 4) is 5.75 Å². The Morgan fingerprint density at radius 2 is 2.11 bits per heavy atom. The van der Waals surface area contributed by atoms with Gasteiger partial charge in [-0.25, -0.2) is 4.39 Å². The highest BCUT2D eigenvalue weighted by Gasteiger charge is 2.35. The van der Waals surface area contributed by atoms with Gasteiger partial charge in [-0.05, 0) is 25.8 Å². The molecule has 0 radical (unpaired) electrons. The molecule has 1 fully saturated rings. The maximum absolute atomic E-state index is 14.3. The molecule has 0 saturated heterocycles. The van der Waals surface area contributed by atoms with Crippen LogP contribution in [0.2, 0.25) is 0 Å². The van der Waals surface area contributed by atoms with Gasteiger partial charge in [0, 0.05) is 47.5 Å². The standard InChI is InChI=1S/C20H21FN2O4/c1-13(18-4-2-3-5-19(18)21)22(16-6-7-16)10-14-8-17(23(24)25)9-15-11-26-12-27-20(14)15/h2-5,8-9,13,16H,6-7,10-12H2,1H3. The molecule has 1 aliphatic heterocycles. The Labute approximate surface area is 156 Å². The third kappa shape index (κ3) is 3.65. The van der Waals surface area contributed by atoms with Crippen LogP contribution in [0.25, 0.3) is 0 Å². The number of halogens is 1. The molecule has 2 aromatic carbocycles. The summed E-state index contributed by atoms with van der Waals surface area (Å²) in [6.07, 6.45) is 2.08. The van der Waals surface area contributed by atoms with Crippen LogP contribution in [0.5, 0.6) is 5.75 Å². The van der Waals surface area contributed by atoms with Crippen LogP contribution in [0.4, 0.5) is 10.1 Å². The Kier molecular flexibility index (Phi) is 4.80. The van der Waals surface area contributed by atoms with Gasteiger partial charge in [-0.2, -0.15) is 0 Å². The minimum Gasteiger partial charge on any atom is -0.467 e. The predicted molar refractivity (Wildman–Crippen MR) is 96.8 cm³/mol. The lowest BCUT2D eigenvalue weighted by molar-refractivity contribution is -0.385. The van der Waals surface area contributed by atoms with Crippen LogP contribution >= 0.6 is 0 Å². The number of hydrogen-bond acceptors (Lipinski definition) is 5. The van der Waals surface area contributed by atoms with Crippen molar-refractivity contribution in [3.05, 3.63) is 69.0 Å². The molecule has 0 aromatic heterocycles. The van der Waals surface area contributed by atoms with Gasteiger partial charge in [0.15, 0.2) is 6.79 Å². The van der Waals surface area contributed by atoms with Gasteiger partial charge in [0.1, 0.15) is 11.6 Å². The van der Waals surface area contributed by atoms with Crippen LogP contribution < -0.4 is 4.74 Å². The van der Waals surface area contributed by atoms with Crippen molar-refractivity contribution in [2.24, 2.45) is 0 Å². The number of nitro benzene ring substituents is 1. The predicted octanol–water partition coefficient (Wildman–Crippen LogP) is 4.33. The topological polar surface area (TPSA) is 64.8 Å². The van der Waals surface area contributed by atoms with E-state index in [1.807, 2.05) is 13.0 Å². The zero-order valence-electron chi connectivity index (χ0n) is 15.1. The quantitative estimate of drug-likeness (QED) is 0.558. The summed E-state index contributed by atoms with van der Waals surface area (Å²) < 4.78 is 25.2. The fourth-order valence-electron chi connectivity index (χ4n) is 3.68. The van der Waals surface area contributed by atoms with Crippen molar-refractivity contribution < 1.29 is 18.8 Å². The molecular weight excluding hydrogens is 351 g/mol. The van der Waals surface area contributed by atoms with Gasteiger partial charge in [-0.3, -0.25) is 15.0 Å². The maximum Gasteiger partial charge on any atom is 0.270 e. The summed E-state index contributed by atoms with van der Waals surface area (Å²) in [6.45, 7) is 2.86. The molecule has 0 amide bonds. The summed E-state index contributed by atoms with van der Waals surface area (Å²) in [5, 5.41) is 11.3. The minimum absolute atomic E-state index is 0.0205. The molecule has 1 unspecified atom stereocenters. The van der Waals surface area contributed by atoms with E-state index < -0.39 is 4.92 Å². The molecule has 1 heterocycles. The van der Waals surface area contributed by atoms with E-state index in [1.54, 1.807) is 18.2 Å². The van der Waals surface area contributed by atoms with Crippen LogP contribution in [0.15, 0.2) is 36.4 Å². The molecule has 0 spiro atoms. The lowest BCUT2D eigenvalue weighted by Crippen LogP contribution is -2.30. The zero-order valence-corrected chi connectivity index (χ0v) is 15.1. The average Bonchev–Trinajstić information content (AvgIpc) is 3.50. The summed E-state index contributed by atoms with van der Waals surface area (Å²) in [5.74, 6) is 0.416. The summed E-state index contributed by atoms with van der Waals surface area (Å²) in [5.41, 5.74) is 2.08. The third-order valence-electron chi connectivity index (χ3n) is 5.20. The lowest BCUT2D eigenvalue weighted by Gasteiger charge is -2.31. The molecule has 0 N–H and O–H groups in total. The monoisotopic (exact) mass is 372 g/mol. The molecule has 1 atom stereocenters. The number of nitrogens with zero attached hydrogens (tertiary/aromatic N) is 2. The number of rotatable bonds is 6. The maximum atomic E-state index is 14.3. The largest absolute Gasteiger partial charge is 0.467 e. The molecule has 7 heteroatoms. The Bertz CT molecular complexity index is 869. The van der Waals surface area contributed by atoms with Gasteiger partial charge < -0.3 is 9.47 Å². The molecule has 2 aliphatic rings. The van der Waals surface area contributed by atoms with Crippen molar-refractivity contribution >= 4 is 5.69 Å². The van der Waals surface area contributed by atoms with E-state index in [4.69, 9.17) is 9.47 Å². The number of benzene rings is 2. The van der Waals surface area contributed by atoms with Gasteiger partial charge in [0.05, 0.1) is 11.5 Å². The average molecular weight is 372 g/mol. The number of ether oxygens (including phenoxy) is 2. The molecule has 27 heavy (non-hydrogen) atoms. The van der Waals surface area contributed by atoms with Crippen LogP contribution in [-0.2, 0) is 17.9 Å². The van der Waals surface area contributed by atoms with Crippen LogP contribution in [0, 0.1) is 15.9 Å². The second-order valence-electron chi connectivity index (χ2n) is 7.06. The third-order valence-corrected chi connectivity index (χ3v) is 5.20. The Balaban J connectivity index is 1.69. The van der Waals surface area contributed by atoms with Gasteiger partial charge in [0.2, 0.25) is 0 Å². The highest BCUT2D eigenvalue weighted by atomic mass is 19.1. The Morgan fingerprint density at radius 3 is 2.81 bits per heavy atom. The number of non-ortho nitro benzene ring substituents is 1. The van der Waals surface area contributed by atoms with E-state index in [2.05, 4.69) is 4.90 Å². The van der Waals surface area contributed by atoms with E-state index in [9.17, 15) is 14.5 Å². The van der Waals surface area contributed by atoms with Crippen LogP contribution in [-0.4, -0.2) is 22.7 Å². The first kappa shape index (κ1) is 17.9. The second kappa shape index (κ2) is 7.25. The Morgan fingerprint density at radius 1 is 1.33 bits per heavy atom. The summed E-state index contributed by atoms with van der Waals surface area (Å²) in [4.78, 5) is 13.1.